The van der Waals surface area contributed by atoms with Gasteiger partial charge in [0.1, 0.15) is 11.9 Å². The first-order valence-corrected chi connectivity index (χ1v) is 13.3. The van der Waals surface area contributed by atoms with Crippen LogP contribution in [0.25, 0.3) is 10.9 Å². The molecule has 0 fully saturated rings. The standard InChI is InChI=1S/C29H23N5O2S/c35-37(36,23-17-15-22(16-18-23)30-19-20-9-3-1-4-10-20)34-29-32-27(21-11-5-2-6-12-21)26-24-13-7-8-14-25(24)31-28(26)33-29/h1-19,27,31H,(H2,32,33,34)/t27-/m0/s1. The maximum Gasteiger partial charge on any atom is 0.264 e. The van der Waals surface area contributed by atoms with Crippen molar-refractivity contribution in [1.29, 1.82) is 0 Å². The molecule has 3 N–H and O–H groups in total. The number of nitrogens with one attached hydrogen (secondary N) is 3. The molecule has 1 aliphatic heterocycles. The van der Waals surface area contributed by atoms with Gasteiger partial charge in [0.25, 0.3) is 10.0 Å². The number of aromatic amines is 1. The van der Waals surface area contributed by atoms with E-state index in [0.717, 1.165) is 27.6 Å². The molecule has 0 aliphatic carbocycles. The maximum absolute atomic E-state index is 13.2. The van der Waals surface area contributed by atoms with Crippen LogP contribution in [0.15, 0.2) is 124 Å². The highest BCUT2D eigenvalue weighted by atomic mass is 32.2. The predicted molar refractivity (Wildman–Crippen MR) is 148 cm³/mol. The van der Waals surface area contributed by atoms with E-state index < -0.39 is 10.0 Å². The van der Waals surface area contributed by atoms with Gasteiger partial charge in [-0.3, -0.25) is 4.99 Å². The fourth-order valence-electron chi connectivity index (χ4n) is 4.40. The highest BCUT2D eigenvalue weighted by Gasteiger charge is 2.29. The molecule has 0 saturated heterocycles. The number of para-hydroxylation sites is 1. The average Bonchev–Trinajstić information content (AvgIpc) is 3.31. The fraction of sp³-hybridized carbons (Fsp3) is 0.0345. The number of nitrogens with zero attached hydrogens (tertiary/aromatic N) is 2. The van der Waals surface area contributed by atoms with Gasteiger partial charge in [0.05, 0.1) is 10.6 Å². The van der Waals surface area contributed by atoms with Crippen molar-refractivity contribution in [3.05, 3.63) is 126 Å². The fourth-order valence-corrected chi connectivity index (χ4v) is 5.38. The van der Waals surface area contributed by atoms with Crippen LogP contribution in [0.1, 0.15) is 22.7 Å². The molecule has 0 spiro atoms. The molecule has 1 aromatic heterocycles. The summed E-state index contributed by atoms with van der Waals surface area (Å²) in [5.74, 6) is 0.868. The summed E-state index contributed by atoms with van der Waals surface area (Å²) in [5.41, 5.74) is 4.51. The lowest BCUT2D eigenvalue weighted by molar-refractivity contribution is 0.592. The molecule has 6 rings (SSSR count). The zero-order valence-corrected chi connectivity index (χ0v) is 20.5. The van der Waals surface area contributed by atoms with Crippen LogP contribution in [0.3, 0.4) is 0 Å². The molecule has 0 saturated carbocycles. The number of rotatable bonds is 5. The molecule has 182 valence electrons. The Balaban J connectivity index is 1.29. The first kappa shape index (κ1) is 22.8. The van der Waals surface area contributed by atoms with Crippen molar-refractivity contribution in [2.75, 3.05) is 5.32 Å². The summed E-state index contributed by atoms with van der Waals surface area (Å²) in [6.07, 6.45) is 1.74. The maximum atomic E-state index is 13.2. The monoisotopic (exact) mass is 505 g/mol. The number of sulfonamides is 1. The Labute approximate surface area is 214 Å². The average molecular weight is 506 g/mol. The molecule has 8 heteroatoms. The van der Waals surface area contributed by atoms with E-state index in [0.29, 0.717) is 11.5 Å². The molecule has 0 unspecified atom stereocenters. The van der Waals surface area contributed by atoms with Crippen LogP contribution in [0.2, 0.25) is 0 Å². The highest BCUT2D eigenvalue weighted by Crippen LogP contribution is 2.39. The SMILES string of the molecule is O=S(=O)(NC1=N[C@@H](c2ccccc2)c2c([nH]c3ccccc23)N1)c1ccc(N=Cc2ccccc2)cc1. The van der Waals surface area contributed by atoms with E-state index in [-0.39, 0.29) is 16.9 Å². The molecule has 0 bridgehead atoms. The van der Waals surface area contributed by atoms with Crippen molar-refractivity contribution in [2.45, 2.75) is 10.9 Å². The number of hydrogen-bond donors (Lipinski definition) is 3. The quantitative estimate of drug-likeness (QED) is 0.265. The van der Waals surface area contributed by atoms with Crippen molar-refractivity contribution in [1.82, 2.24) is 9.71 Å². The Kier molecular flexibility index (Phi) is 5.78. The van der Waals surface area contributed by atoms with Crippen molar-refractivity contribution >= 4 is 44.6 Å². The van der Waals surface area contributed by atoms with Gasteiger partial charge >= 0.3 is 0 Å². The minimum absolute atomic E-state index is 0.120. The first-order valence-electron chi connectivity index (χ1n) is 11.8. The molecule has 7 nitrogen and oxygen atoms in total. The van der Waals surface area contributed by atoms with Crippen molar-refractivity contribution in [2.24, 2.45) is 9.98 Å². The second-order valence-electron chi connectivity index (χ2n) is 8.64. The Morgan fingerprint density at radius 1 is 0.811 bits per heavy atom. The number of aliphatic imine (C=N–C) groups is 2. The third-order valence-electron chi connectivity index (χ3n) is 6.18. The Morgan fingerprint density at radius 3 is 2.24 bits per heavy atom. The Bertz CT molecular complexity index is 1730. The van der Waals surface area contributed by atoms with E-state index in [1.165, 1.54) is 12.1 Å². The third kappa shape index (κ3) is 4.62. The number of H-pyrrole nitrogens is 1. The van der Waals surface area contributed by atoms with E-state index in [1.807, 2.05) is 84.9 Å². The van der Waals surface area contributed by atoms with Gasteiger partial charge in [-0.15, -0.1) is 0 Å². The molecule has 1 atom stereocenters. The number of hydrogen-bond acceptors (Lipinski definition) is 5. The zero-order chi connectivity index (χ0) is 25.2. The van der Waals surface area contributed by atoms with Crippen LogP contribution in [0.4, 0.5) is 11.5 Å². The van der Waals surface area contributed by atoms with E-state index in [2.05, 4.69) is 20.0 Å². The summed E-state index contributed by atoms with van der Waals surface area (Å²) in [5, 5.41) is 4.18. The normalized spacial score (nSPS) is 15.2. The highest BCUT2D eigenvalue weighted by molar-refractivity contribution is 7.90. The second-order valence-corrected chi connectivity index (χ2v) is 10.3. The van der Waals surface area contributed by atoms with Gasteiger partial charge in [-0.25, -0.2) is 18.1 Å². The summed E-state index contributed by atoms with van der Waals surface area (Å²) < 4.78 is 29.1. The van der Waals surface area contributed by atoms with Gasteiger partial charge < -0.3 is 10.3 Å². The number of fused-ring (bicyclic) bond motifs is 3. The second kappa shape index (κ2) is 9.40. The van der Waals surface area contributed by atoms with Crippen LogP contribution in [-0.4, -0.2) is 25.6 Å². The molecule has 1 aliphatic rings. The molecule has 4 aromatic carbocycles. The lowest BCUT2D eigenvalue weighted by atomic mass is 9.97. The number of benzene rings is 4. The minimum Gasteiger partial charge on any atom is -0.341 e. The van der Waals surface area contributed by atoms with Gasteiger partial charge in [0.2, 0.25) is 5.96 Å². The van der Waals surface area contributed by atoms with Gasteiger partial charge in [0, 0.05) is 22.7 Å². The predicted octanol–water partition coefficient (Wildman–Crippen LogP) is 5.77. The van der Waals surface area contributed by atoms with Crippen LogP contribution in [-0.2, 0) is 10.0 Å². The van der Waals surface area contributed by atoms with Crippen molar-refractivity contribution in [3.63, 3.8) is 0 Å². The Hall–Kier alpha value is -4.69. The van der Waals surface area contributed by atoms with Crippen LogP contribution < -0.4 is 10.0 Å². The van der Waals surface area contributed by atoms with Crippen LogP contribution >= 0.6 is 0 Å². The van der Waals surface area contributed by atoms with Crippen LogP contribution in [0.5, 0.6) is 0 Å². The summed E-state index contributed by atoms with van der Waals surface area (Å²) in [6, 6.07) is 33.6. The first-order chi connectivity index (χ1) is 18.1. The minimum atomic E-state index is -3.89. The smallest absolute Gasteiger partial charge is 0.264 e. The summed E-state index contributed by atoms with van der Waals surface area (Å²) in [4.78, 5) is 12.7. The number of anilines is 1. The molecule has 2 heterocycles. The van der Waals surface area contributed by atoms with Gasteiger partial charge in [-0.05, 0) is 41.5 Å². The van der Waals surface area contributed by atoms with Crippen LogP contribution in [0, 0.1) is 0 Å². The largest absolute Gasteiger partial charge is 0.341 e. The number of aromatic nitrogens is 1. The lowest BCUT2D eigenvalue weighted by Gasteiger charge is -2.23. The van der Waals surface area contributed by atoms with Crippen molar-refractivity contribution in [3.8, 4) is 0 Å². The molecular formula is C29H23N5O2S. The third-order valence-corrected chi connectivity index (χ3v) is 7.53. The molecule has 0 amide bonds. The van der Waals surface area contributed by atoms with Crippen molar-refractivity contribution < 1.29 is 8.42 Å². The van der Waals surface area contributed by atoms with E-state index in [1.54, 1.807) is 18.3 Å². The van der Waals surface area contributed by atoms with E-state index in [4.69, 9.17) is 4.99 Å². The van der Waals surface area contributed by atoms with E-state index >= 15 is 0 Å². The molecule has 0 radical (unpaired) electrons. The molecule has 37 heavy (non-hydrogen) atoms. The zero-order valence-electron chi connectivity index (χ0n) is 19.7. The summed E-state index contributed by atoms with van der Waals surface area (Å²) >= 11 is 0. The summed E-state index contributed by atoms with van der Waals surface area (Å²) in [6.45, 7) is 0. The number of guanidine groups is 1. The lowest BCUT2D eigenvalue weighted by Crippen LogP contribution is -2.38. The topological polar surface area (TPSA) is 98.7 Å². The summed E-state index contributed by atoms with van der Waals surface area (Å²) in [7, 11) is -3.89. The van der Waals surface area contributed by atoms with Gasteiger partial charge in [-0.1, -0.05) is 78.9 Å². The Morgan fingerprint density at radius 2 is 1.49 bits per heavy atom. The van der Waals surface area contributed by atoms with E-state index in [9.17, 15) is 8.42 Å². The van der Waals surface area contributed by atoms with Gasteiger partial charge in [-0.2, -0.15) is 0 Å². The van der Waals surface area contributed by atoms with Gasteiger partial charge in [0.15, 0.2) is 0 Å². The molecular weight excluding hydrogens is 482 g/mol. The molecule has 5 aromatic rings.